The standard InChI is InChI=1S/C12H19NO2/c1-9-5-10(6-9)13-7-11-3-4-12(15-11)8-14-2/h3-4,9-10,13H,5-8H2,1-2H3. The first-order valence-electron chi connectivity index (χ1n) is 5.58. The normalized spacial score (nSPS) is 25.2. The zero-order valence-corrected chi connectivity index (χ0v) is 9.45. The van der Waals surface area contributed by atoms with Crippen molar-refractivity contribution in [1.29, 1.82) is 0 Å². The molecule has 0 aliphatic heterocycles. The van der Waals surface area contributed by atoms with E-state index in [1.807, 2.05) is 12.1 Å². The van der Waals surface area contributed by atoms with Crippen LogP contribution in [0.15, 0.2) is 16.5 Å². The van der Waals surface area contributed by atoms with Crippen LogP contribution in [0.5, 0.6) is 0 Å². The van der Waals surface area contributed by atoms with E-state index in [2.05, 4.69) is 12.2 Å². The highest BCUT2D eigenvalue weighted by Gasteiger charge is 2.24. The molecule has 0 amide bonds. The van der Waals surface area contributed by atoms with Crippen molar-refractivity contribution in [3.8, 4) is 0 Å². The van der Waals surface area contributed by atoms with Crippen LogP contribution in [0.3, 0.4) is 0 Å². The summed E-state index contributed by atoms with van der Waals surface area (Å²) in [6, 6.07) is 4.68. The molecule has 0 atom stereocenters. The second-order valence-corrected chi connectivity index (χ2v) is 4.46. The van der Waals surface area contributed by atoms with Gasteiger partial charge in [-0.1, -0.05) is 6.92 Å². The summed E-state index contributed by atoms with van der Waals surface area (Å²) in [4.78, 5) is 0. The lowest BCUT2D eigenvalue weighted by atomic mass is 9.82. The van der Waals surface area contributed by atoms with Gasteiger partial charge in [0.05, 0.1) is 6.54 Å². The third-order valence-corrected chi connectivity index (χ3v) is 2.94. The zero-order valence-electron chi connectivity index (χ0n) is 9.45. The van der Waals surface area contributed by atoms with Gasteiger partial charge in [-0.05, 0) is 30.9 Å². The molecule has 0 unspecified atom stereocenters. The molecule has 0 aromatic carbocycles. The van der Waals surface area contributed by atoms with E-state index >= 15 is 0 Å². The first kappa shape index (κ1) is 10.7. The van der Waals surface area contributed by atoms with Crippen molar-refractivity contribution in [3.63, 3.8) is 0 Å². The van der Waals surface area contributed by atoms with Gasteiger partial charge in [-0.15, -0.1) is 0 Å². The molecule has 84 valence electrons. The Morgan fingerprint density at radius 2 is 2.13 bits per heavy atom. The summed E-state index contributed by atoms with van der Waals surface area (Å²) in [5, 5.41) is 3.49. The molecule has 1 heterocycles. The van der Waals surface area contributed by atoms with Gasteiger partial charge in [-0.25, -0.2) is 0 Å². The summed E-state index contributed by atoms with van der Waals surface area (Å²) in [7, 11) is 1.68. The number of nitrogens with one attached hydrogen (secondary N) is 1. The number of furan rings is 1. The molecule has 3 nitrogen and oxygen atoms in total. The molecule has 0 saturated heterocycles. The minimum absolute atomic E-state index is 0.556. The van der Waals surface area contributed by atoms with Crippen LogP contribution in [0, 0.1) is 5.92 Å². The minimum atomic E-state index is 0.556. The smallest absolute Gasteiger partial charge is 0.129 e. The molecule has 1 saturated carbocycles. The van der Waals surface area contributed by atoms with Crippen molar-refractivity contribution in [1.82, 2.24) is 5.32 Å². The highest BCUT2D eigenvalue weighted by atomic mass is 16.5. The molecule has 1 N–H and O–H groups in total. The summed E-state index contributed by atoms with van der Waals surface area (Å²) in [5.74, 6) is 2.79. The Balaban J connectivity index is 1.73. The molecule has 1 aromatic heterocycles. The summed E-state index contributed by atoms with van der Waals surface area (Å²) >= 11 is 0. The summed E-state index contributed by atoms with van der Waals surface area (Å²) in [6.07, 6.45) is 2.59. The average Bonchev–Trinajstić information content (AvgIpc) is 2.59. The molecular weight excluding hydrogens is 190 g/mol. The van der Waals surface area contributed by atoms with E-state index < -0.39 is 0 Å². The molecule has 0 bridgehead atoms. The number of ether oxygens (including phenoxy) is 1. The molecule has 2 rings (SSSR count). The molecule has 1 aliphatic rings. The van der Waals surface area contributed by atoms with Gasteiger partial charge < -0.3 is 14.5 Å². The third-order valence-electron chi connectivity index (χ3n) is 2.94. The number of hydrogen-bond acceptors (Lipinski definition) is 3. The second-order valence-electron chi connectivity index (χ2n) is 4.46. The van der Waals surface area contributed by atoms with Crippen molar-refractivity contribution < 1.29 is 9.15 Å². The molecule has 0 radical (unpaired) electrons. The first-order chi connectivity index (χ1) is 7.28. The topological polar surface area (TPSA) is 34.4 Å². The molecular formula is C12H19NO2. The molecule has 3 heteroatoms. The number of rotatable bonds is 5. The van der Waals surface area contributed by atoms with Crippen molar-refractivity contribution >= 4 is 0 Å². The molecule has 15 heavy (non-hydrogen) atoms. The van der Waals surface area contributed by atoms with Gasteiger partial charge in [0.25, 0.3) is 0 Å². The van der Waals surface area contributed by atoms with Crippen molar-refractivity contribution in [2.24, 2.45) is 5.92 Å². The van der Waals surface area contributed by atoms with Crippen LogP contribution in [0.25, 0.3) is 0 Å². The van der Waals surface area contributed by atoms with Gasteiger partial charge in [0.2, 0.25) is 0 Å². The van der Waals surface area contributed by atoms with Crippen LogP contribution >= 0.6 is 0 Å². The fourth-order valence-corrected chi connectivity index (χ4v) is 2.05. The van der Waals surface area contributed by atoms with Crippen LogP contribution in [0.2, 0.25) is 0 Å². The quantitative estimate of drug-likeness (QED) is 0.808. The maximum atomic E-state index is 5.58. The van der Waals surface area contributed by atoms with E-state index in [0.717, 1.165) is 24.0 Å². The minimum Gasteiger partial charge on any atom is -0.462 e. The Kier molecular flexibility index (Phi) is 3.44. The van der Waals surface area contributed by atoms with E-state index in [4.69, 9.17) is 9.15 Å². The van der Waals surface area contributed by atoms with Gasteiger partial charge in [-0.3, -0.25) is 0 Å². The van der Waals surface area contributed by atoms with E-state index in [9.17, 15) is 0 Å². The van der Waals surface area contributed by atoms with Crippen molar-refractivity contribution in [2.75, 3.05) is 7.11 Å². The SMILES string of the molecule is COCc1ccc(CNC2CC(C)C2)o1. The van der Waals surface area contributed by atoms with Gasteiger partial charge in [0.15, 0.2) is 0 Å². The number of methoxy groups -OCH3 is 1. The summed E-state index contributed by atoms with van der Waals surface area (Å²) in [6.45, 7) is 3.68. The van der Waals surface area contributed by atoms with E-state index in [-0.39, 0.29) is 0 Å². The Morgan fingerprint density at radius 1 is 1.40 bits per heavy atom. The number of hydrogen-bond donors (Lipinski definition) is 1. The van der Waals surface area contributed by atoms with E-state index in [1.54, 1.807) is 7.11 Å². The van der Waals surface area contributed by atoms with Gasteiger partial charge in [0, 0.05) is 13.2 Å². The lowest BCUT2D eigenvalue weighted by Gasteiger charge is -2.33. The van der Waals surface area contributed by atoms with E-state index in [0.29, 0.717) is 12.6 Å². The largest absolute Gasteiger partial charge is 0.462 e. The lowest BCUT2D eigenvalue weighted by molar-refractivity contribution is 0.161. The van der Waals surface area contributed by atoms with Crippen LogP contribution < -0.4 is 5.32 Å². The molecule has 0 spiro atoms. The molecule has 1 fully saturated rings. The Hall–Kier alpha value is -0.800. The predicted molar refractivity (Wildman–Crippen MR) is 58.4 cm³/mol. The van der Waals surface area contributed by atoms with E-state index in [1.165, 1.54) is 12.8 Å². The van der Waals surface area contributed by atoms with Crippen molar-refractivity contribution in [3.05, 3.63) is 23.7 Å². The Bertz CT molecular complexity index is 302. The van der Waals surface area contributed by atoms with Crippen LogP contribution in [-0.2, 0) is 17.9 Å². The van der Waals surface area contributed by atoms with Gasteiger partial charge >= 0.3 is 0 Å². The maximum absolute atomic E-state index is 5.58. The predicted octanol–water partition coefficient (Wildman–Crippen LogP) is 2.31. The summed E-state index contributed by atoms with van der Waals surface area (Å²) in [5.41, 5.74) is 0. The monoisotopic (exact) mass is 209 g/mol. The fraction of sp³-hybridized carbons (Fsp3) is 0.667. The Labute approximate surface area is 90.8 Å². The zero-order chi connectivity index (χ0) is 10.7. The molecule has 1 aromatic rings. The maximum Gasteiger partial charge on any atom is 0.129 e. The van der Waals surface area contributed by atoms with Crippen LogP contribution in [0.1, 0.15) is 31.3 Å². The van der Waals surface area contributed by atoms with Gasteiger partial charge in [0.1, 0.15) is 18.1 Å². The lowest BCUT2D eigenvalue weighted by Crippen LogP contribution is -2.39. The van der Waals surface area contributed by atoms with Crippen LogP contribution in [0.4, 0.5) is 0 Å². The average molecular weight is 209 g/mol. The summed E-state index contributed by atoms with van der Waals surface area (Å²) < 4.78 is 10.6. The van der Waals surface area contributed by atoms with Crippen molar-refractivity contribution in [2.45, 2.75) is 39.0 Å². The third kappa shape index (κ3) is 2.83. The highest BCUT2D eigenvalue weighted by molar-refractivity contribution is 5.06. The first-order valence-corrected chi connectivity index (χ1v) is 5.58. The highest BCUT2D eigenvalue weighted by Crippen LogP contribution is 2.26. The Morgan fingerprint density at radius 3 is 2.80 bits per heavy atom. The molecule has 1 aliphatic carbocycles. The fourth-order valence-electron chi connectivity index (χ4n) is 2.05. The van der Waals surface area contributed by atoms with Gasteiger partial charge in [-0.2, -0.15) is 0 Å². The van der Waals surface area contributed by atoms with Crippen LogP contribution in [-0.4, -0.2) is 13.2 Å². The second kappa shape index (κ2) is 4.81.